The van der Waals surface area contributed by atoms with Crippen molar-refractivity contribution in [1.82, 2.24) is 0 Å². The fourth-order valence-corrected chi connectivity index (χ4v) is 4.63. The maximum absolute atomic E-state index is 13.0. The van der Waals surface area contributed by atoms with Crippen LogP contribution >= 0.6 is 0 Å². The zero-order valence-corrected chi connectivity index (χ0v) is 28.1. The predicted molar refractivity (Wildman–Crippen MR) is 165 cm³/mol. The Balaban J connectivity index is 2.31. The van der Waals surface area contributed by atoms with Crippen LogP contribution in [0.1, 0.15) is 99.8 Å². The van der Waals surface area contributed by atoms with E-state index >= 15 is 0 Å². The summed E-state index contributed by atoms with van der Waals surface area (Å²) in [5, 5.41) is 0. The van der Waals surface area contributed by atoms with E-state index in [9.17, 15) is 9.59 Å². The highest BCUT2D eigenvalue weighted by atomic mass is 16.6. The summed E-state index contributed by atoms with van der Waals surface area (Å²) in [6, 6.07) is 0. The molecule has 0 aliphatic heterocycles. The highest BCUT2D eigenvalue weighted by molar-refractivity contribution is 5.82. The van der Waals surface area contributed by atoms with Crippen LogP contribution in [0.3, 0.4) is 0 Å². The van der Waals surface area contributed by atoms with E-state index in [4.69, 9.17) is 37.9 Å². The van der Waals surface area contributed by atoms with Gasteiger partial charge in [0.1, 0.15) is 12.2 Å². The number of hydrogen-bond donors (Lipinski definition) is 0. The number of carbonyl (C=O) groups excluding carboxylic acids is 2. The molecule has 10 nitrogen and oxygen atoms in total. The molecule has 0 radical (unpaired) electrons. The zero-order valence-electron chi connectivity index (χ0n) is 28.1. The van der Waals surface area contributed by atoms with Crippen LogP contribution in [0.2, 0.25) is 0 Å². The maximum Gasteiger partial charge on any atom is 0.310 e. The molecule has 1 aliphatic carbocycles. The molecule has 0 aromatic heterocycles. The van der Waals surface area contributed by atoms with Crippen LogP contribution in [0.15, 0.2) is 0 Å². The molecular formula is C33H62O10. The van der Waals surface area contributed by atoms with Crippen molar-refractivity contribution in [3.8, 4) is 0 Å². The van der Waals surface area contributed by atoms with E-state index in [0.29, 0.717) is 45.9 Å². The fourth-order valence-electron chi connectivity index (χ4n) is 4.63. The number of rotatable bonds is 26. The molecule has 254 valence electrons. The van der Waals surface area contributed by atoms with Crippen LogP contribution < -0.4 is 0 Å². The van der Waals surface area contributed by atoms with E-state index in [0.717, 1.165) is 51.7 Å². The van der Waals surface area contributed by atoms with Gasteiger partial charge in [0.2, 0.25) is 0 Å². The molecule has 0 bridgehead atoms. The molecule has 0 amide bonds. The van der Waals surface area contributed by atoms with Gasteiger partial charge in [-0.2, -0.15) is 0 Å². The molecule has 1 saturated carbocycles. The monoisotopic (exact) mass is 618 g/mol. The summed E-state index contributed by atoms with van der Waals surface area (Å²) in [4.78, 5) is 26.0. The Morgan fingerprint density at radius 1 is 0.535 bits per heavy atom. The van der Waals surface area contributed by atoms with Crippen molar-refractivity contribution >= 4 is 11.9 Å². The number of hydrogen-bond acceptors (Lipinski definition) is 10. The molecule has 7 atom stereocenters. The Morgan fingerprint density at radius 3 is 1.44 bits per heavy atom. The van der Waals surface area contributed by atoms with Crippen LogP contribution in [-0.4, -0.2) is 102 Å². The Kier molecular flexibility index (Phi) is 23.1. The summed E-state index contributed by atoms with van der Waals surface area (Å²) in [6.07, 6.45) is 6.25. The predicted octanol–water partition coefficient (Wildman–Crippen LogP) is 5.52. The van der Waals surface area contributed by atoms with E-state index in [2.05, 4.69) is 13.8 Å². The van der Waals surface area contributed by atoms with Gasteiger partial charge in [0.25, 0.3) is 0 Å². The highest BCUT2D eigenvalue weighted by Gasteiger charge is 2.39. The van der Waals surface area contributed by atoms with Crippen molar-refractivity contribution < 1.29 is 47.5 Å². The first-order valence-corrected chi connectivity index (χ1v) is 16.7. The number of carbonyl (C=O) groups is 2. The number of unbranched alkanes of at least 4 members (excludes halogenated alkanes) is 2. The summed E-state index contributed by atoms with van der Waals surface area (Å²) in [5.41, 5.74) is 0. The Hall–Kier alpha value is -1.30. The van der Waals surface area contributed by atoms with Crippen molar-refractivity contribution in [2.24, 2.45) is 11.8 Å². The number of esters is 2. The van der Waals surface area contributed by atoms with Gasteiger partial charge in [-0.25, -0.2) is 0 Å². The normalized spacial score (nSPS) is 20.6. The summed E-state index contributed by atoms with van der Waals surface area (Å²) in [7, 11) is 0. The van der Waals surface area contributed by atoms with Crippen LogP contribution in [0, 0.1) is 11.8 Å². The first-order chi connectivity index (χ1) is 20.7. The lowest BCUT2D eigenvalue weighted by Crippen LogP contribution is -2.38. The molecule has 0 heterocycles. The Morgan fingerprint density at radius 2 is 0.930 bits per heavy atom. The third-order valence-electron chi connectivity index (χ3n) is 7.21. The summed E-state index contributed by atoms with van der Waals surface area (Å²) < 4.78 is 45.5. The molecule has 1 rings (SSSR count). The molecule has 10 heteroatoms. The smallest absolute Gasteiger partial charge is 0.310 e. The third kappa shape index (κ3) is 19.6. The van der Waals surface area contributed by atoms with Crippen LogP contribution in [0.5, 0.6) is 0 Å². The van der Waals surface area contributed by atoms with Gasteiger partial charge in [0.05, 0.1) is 76.4 Å². The van der Waals surface area contributed by atoms with Crippen LogP contribution in [0.25, 0.3) is 0 Å². The average molecular weight is 619 g/mol. The van der Waals surface area contributed by atoms with Gasteiger partial charge in [-0.1, -0.05) is 39.5 Å². The lowest BCUT2D eigenvalue weighted by molar-refractivity contribution is -0.171. The van der Waals surface area contributed by atoms with Crippen molar-refractivity contribution in [2.75, 3.05) is 59.5 Å². The van der Waals surface area contributed by atoms with E-state index in [1.165, 1.54) is 0 Å². The second kappa shape index (κ2) is 25.0. The zero-order chi connectivity index (χ0) is 31.9. The minimum Gasteiger partial charge on any atom is -0.460 e. The SMILES string of the molecule is CCCCOCC(C)OCCOCC(C)OC(=O)C1CCCCC1C(=O)OC(C)COC(C)COC(C)COCCCC. The van der Waals surface area contributed by atoms with E-state index in [-0.39, 0.29) is 43.5 Å². The molecular weight excluding hydrogens is 556 g/mol. The minimum absolute atomic E-state index is 0.000319. The third-order valence-corrected chi connectivity index (χ3v) is 7.21. The van der Waals surface area contributed by atoms with Crippen molar-refractivity contribution in [1.29, 1.82) is 0 Å². The quantitative estimate of drug-likeness (QED) is 0.0908. The summed E-state index contributed by atoms with van der Waals surface area (Å²) in [6.45, 7) is 18.1. The summed E-state index contributed by atoms with van der Waals surface area (Å²) >= 11 is 0. The molecule has 0 aromatic carbocycles. The van der Waals surface area contributed by atoms with Crippen molar-refractivity contribution in [3.05, 3.63) is 0 Å². The minimum atomic E-state index is -0.513. The molecule has 1 aliphatic rings. The van der Waals surface area contributed by atoms with Crippen LogP contribution in [-0.2, 0) is 47.5 Å². The van der Waals surface area contributed by atoms with E-state index in [1.54, 1.807) is 13.8 Å². The van der Waals surface area contributed by atoms with Gasteiger partial charge < -0.3 is 37.9 Å². The fraction of sp³-hybridized carbons (Fsp3) is 0.939. The van der Waals surface area contributed by atoms with Gasteiger partial charge >= 0.3 is 11.9 Å². The second-order valence-electron chi connectivity index (χ2n) is 11.9. The lowest BCUT2D eigenvalue weighted by Gasteiger charge is -2.30. The van der Waals surface area contributed by atoms with Gasteiger partial charge in [-0.3, -0.25) is 9.59 Å². The van der Waals surface area contributed by atoms with Gasteiger partial charge in [-0.05, 0) is 60.3 Å². The maximum atomic E-state index is 13.0. The van der Waals surface area contributed by atoms with Crippen LogP contribution in [0.4, 0.5) is 0 Å². The van der Waals surface area contributed by atoms with Gasteiger partial charge in [0, 0.05) is 13.2 Å². The molecule has 0 spiro atoms. The van der Waals surface area contributed by atoms with Crippen molar-refractivity contribution in [3.63, 3.8) is 0 Å². The standard InChI is InChI=1S/C33H62O10/c1-8-10-16-36-20-25(3)39-19-18-38-22-28(6)42-32(34)30-14-12-13-15-31(30)33(35)43-29(7)24-41-27(5)23-40-26(4)21-37-17-11-9-2/h25-31H,8-24H2,1-7H3. The Bertz CT molecular complexity index is 705. The second-order valence-corrected chi connectivity index (χ2v) is 11.9. The summed E-state index contributed by atoms with van der Waals surface area (Å²) in [5.74, 6) is -1.76. The lowest BCUT2D eigenvalue weighted by atomic mass is 9.79. The Labute approximate surface area is 261 Å². The average Bonchev–Trinajstić information content (AvgIpc) is 2.99. The highest BCUT2D eigenvalue weighted by Crippen LogP contribution is 2.32. The first kappa shape index (κ1) is 39.7. The molecule has 0 aromatic rings. The largest absolute Gasteiger partial charge is 0.460 e. The molecule has 43 heavy (non-hydrogen) atoms. The van der Waals surface area contributed by atoms with Gasteiger partial charge in [-0.15, -0.1) is 0 Å². The molecule has 0 N–H and O–H groups in total. The van der Waals surface area contributed by atoms with Crippen molar-refractivity contribution in [2.45, 2.75) is 130 Å². The van der Waals surface area contributed by atoms with E-state index < -0.39 is 24.0 Å². The molecule has 7 unspecified atom stereocenters. The molecule has 0 saturated heterocycles. The van der Waals surface area contributed by atoms with Gasteiger partial charge in [0.15, 0.2) is 0 Å². The first-order valence-electron chi connectivity index (χ1n) is 16.7. The number of ether oxygens (including phenoxy) is 8. The topological polar surface area (TPSA) is 108 Å². The molecule has 1 fully saturated rings. The van der Waals surface area contributed by atoms with E-state index in [1.807, 2.05) is 20.8 Å².